The minimum Gasteiger partial charge on any atom is -0.495 e. The average Bonchev–Trinajstić information content (AvgIpc) is 2.66. The van der Waals surface area contributed by atoms with Gasteiger partial charge >= 0.3 is 5.97 Å². The van der Waals surface area contributed by atoms with Crippen LogP contribution in [0.25, 0.3) is 0 Å². The predicted octanol–water partition coefficient (Wildman–Crippen LogP) is 2.54. The minimum absolute atomic E-state index is 0.0756. The highest BCUT2D eigenvalue weighted by atomic mass is 35.5. The lowest BCUT2D eigenvalue weighted by Gasteiger charge is -2.23. The number of benzene rings is 2. The number of carbonyl (C=O) groups excluding carboxylic acids is 2. The first-order chi connectivity index (χ1) is 13.2. The van der Waals surface area contributed by atoms with Crippen LogP contribution in [0.2, 0.25) is 5.02 Å². The van der Waals surface area contributed by atoms with E-state index < -0.39 is 28.4 Å². The predicted molar refractivity (Wildman–Crippen MR) is 107 cm³/mol. The smallest absolute Gasteiger partial charge is 0.339 e. The molecule has 0 radical (unpaired) electrons. The van der Waals surface area contributed by atoms with E-state index in [9.17, 15) is 18.0 Å². The third kappa shape index (κ3) is 5.14. The van der Waals surface area contributed by atoms with E-state index in [0.29, 0.717) is 5.75 Å². The highest BCUT2D eigenvalue weighted by molar-refractivity contribution is 7.92. The van der Waals surface area contributed by atoms with Crippen LogP contribution >= 0.6 is 11.6 Å². The van der Waals surface area contributed by atoms with Gasteiger partial charge in [0.1, 0.15) is 12.3 Å². The lowest BCUT2D eigenvalue weighted by molar-refractivity contribution is -0.114. The highest BCUT2D eigenvalue weighted by Crippen LogP contribution is 2.29. The van der Waals surface area contributed by atoms with Crippen molar-refractivity contribution in [2.75, 3.05) is 36.6 Å². The van der Waals surface area contributed by atoms with Crippen molar-refractivity contribution in [1.29, 1.82) is 0 Å². The monoisotopic (exact) mass is 426 g/mol. The van der Waals surface area contributed by atoms with Gasteiger partial charge in [0.15, 0.2) is 0 Å². The second-order valence-electron chi connectivity index (χ2n) is 5.68. The number of nitrogens with one attached hydrogen (secondary N) is 1. The van der Waals surface area contributed by atoms with Crippen molar-refractivity contribution in [3.05, 3.63) is 53.1 Å². The Morgan fingerprint density at radius 1 is 1.14 bits per heavy atom. The van der Waals surface area contributed by atoms with E-state index in [1.807, 2.05) is 0 Å². The van der Waals surface area contributed by atoms with Crippen molar-refractivity contribution in [1.82, 2.24) is 0 Å². The summed E-state index contributed by atoms with van der Waals surface area (Å²) in [7, 11) is -1.16. The van der Waals surface area contributed by atoms with Gasteiger partial charge in [-0.3, -0.25) is 9.10 Å². The summed E-state index contributed by atoms with van der Waals surface area (Å²) >= 11 is 5.95. The average molecular weight is 427 g/mol. The molecule has 2 aromatic carbocycles. The van der Waals surface area contributed by atoms with Crippen molar-refractivity contribution in [2.45, 2.75) is 0 Å². The fraction of sp³-hybridized carbons (Fsp3) is 0.222. The summed E-state index contributed by atoms with van der Waals surface area (Å²) < 4.78 is 35.2. The molecule has 0 aliphatic heterocycles. The maximum absolute atomic E-state index is 12.5. The molecule has 0 spiro atoms. The molecule has 10 heteroatoms. The molecule has 0 aliphatic carbocycles. The molecule has 0 aromatic heterocycles. The molecule has 2 aromatic rings. The molecule has 0 fully saturated rings. The summed E-state index contributed by atoms with van der Waals surface area (Å²) in [6.07, 6.45) is 0.990. The van der Waals surface area contributed by atoms with Crippen molar-refractivity contribution >= 4 is 44.9 Å². The van der Waals surface area contributed by atoms with Crippen LogP contribution in [0.4, 0.5) is 11.4 Å². The first kappa shape index (κ1) is 21.5. The van der Waals surface area contributed by atoms with Crippen molar-refractivity contribution in [3.8, 4) is 5.75 Å². The number of hydrogen-bond acceptors (Lipinski definition) is 6. The molecule has 0 heterocycles. The number of sulfonamides is 1. The largest absolute Gasteiger partial charge is 0.495 e. The Bertz CT molecular complexity index is 993. The lowest BCUT2D eigenvalue weighted by Crippen LogP contribution is -2.37. The number of methoxy groups -OCH3 is 2. The zero-order chi connectivity index (χ0) is 20.9. The van der Waals surface area contributed by atoms with E-state index in [1.54, 1.807) is 18.2 Å². The maximum atomic E-state index is 12.5. The summed E-state index contributed by atoms with van der Waals surface area (Å²) in [6.45, 7) is -0.491. The van der Waals surface area contributed by atoms with Crippen LogP contribution in [0.5, 0.6) is 5.75 Å². The SMILES string of the molecule is COC(=O)c1cc(NC(=O)CN(c2ccccc2OC)S(C)(=O)=O)ccc1Cl. The molecular formula is C18H19ClN2O6S. The van der Waals surface area contributed by atoms with E-state index in [1.165, 1.54) is 38.5 Å². The van der Waals surface area contributed by atoms with Gasteiger partial charge in [0.2, 0.25) is 15.9 Å². The van der Waals surface area contributed by atoms with E-state index in [2.05, 4.69) is 10.1 Å². The quantitative estimate of drug-likeness (QED) is 0.682. The van der Waals surface area contributed by atoms with Gasteiger partial charge in [-0.2, -0.15) is 0 Å². The lowest BCUT2D eigenvalue weighted by atomic mass is 10.2. The van der Waals surface area contributed by atoms with Gasteiger partial charge in [0.25, 0.3) is 0 Å². The Hall–Kier alpha value is -2.78. The molecule has 2 rings (SSSR count). The topological polar surface area (TPSA) is 102 Å². The molecule has 0 unspecified atom stereocenters. The molecule has 0 atom stereocenters. The van der Waals surface area contributed by atoms with Crippen molar-refractivity contribution < 1.29 is 27.5 Å². The van der Waals surface area contributed by atoms with E-state index in [0.717, 1.165) is 10.6 Å². The summed E-state index contributed by atoms with van der Waals surface area (Å²) in [6, 6.07) is 10.7. The second kappa shape index (κ2) is 8.94. The van der Waals surface area contributed by atoms with Gasteiger partial charge in [-0.05, 0) is 30.3 Å². The molecular weight excluding hydrogens is 408 g/mol. The molecule has 0 saturated heterocycles. The first-order valence-corrected chi connectivity index (χ1v) is 10.2. The van der Waals surface area contributed by atoms with Crippen LogP contribution in [0.3, 0.4) is 0 Å². The number of hydrogen-bond donors (Lipinski definition) is 1. The number of esters is 1. The summed E-state index contributed by atoms with van der Waals surface area (Å²) in [4.78, 5) is 24.2. The number of rotatable bonds is 7. The number of nitrogens with zero attached hydrogens (tertiary/aromatic N) is 1. The van der Waals surface area contributed by atoms with Gasteiger partial charge in [-0.1, -0.05) is 23.7 Å². The number of amides is 1. The molecule has 8 nitrogen and oxygen atoms in total. The van der Waals surface area contributed by atoms with Crippen molar-refractivity contribution in [3.63, 3.8) is 0 Å². The fourth-order valence-corrected chi connectivity index (χ4v) is 3.47. The minimum atomic E-state index is -3.77. The molecule has 28 heavy (non-hydrogen) atoms. The Labute approximate surface area is 168 Å². The van der Waals surface area contributed by atoms with Crippen molar-refractivity contribution in [2.24, 2.45) is 0 Å². The Morgan fingerprint density at radius 3 is 2.43 bits per heavy atom. The van der Waals surface area contributed by atoms with Crippen LogP contribution in [-0.2, 0) is 19.6 Å². The number of carbonyl (C=O) groups is 2. The van der Waals surface area contributed by atoms with Crippen LogP contribution in [0.1, 0.15) is 10.4 Å². The molecule has 150 valence electrons. The molecule has 1 amide bonds. The van der Waals surface area contributed by atoms with Gasteiger partial charge < -0.3 is 14.8 Å². The van der Waals surface area contributed by atoms with Gasteiger partial charge in [-0.15, -0.1) is 0 Å². The Morgan fingerprint density at radius 2 is 1.82 bits per heavy atom. The highest BCUT2D eigenvalue weighted by Gasteiger charge is 2.24. The normalized spacial score (nSPS) is 10.9. The van der Waals surface area contributed by atoms with Gasteiger partial charge in [0, 0.05) is 5.69 Å². The number of ether oxygens (including phenoxy) is 2. The molecule has 0 saturated carbocycles. The fourth-order valence-electron chi connectivity index (χ4n) is 2.42. The molecule has 1 N–H and O–H groups in total. The number of halogens is 1. The molecule has 0 aliphatic rings. The maximum Gasteiger partial charge on any atom is 0.339 e. The summed E-state index contributed by atoms with van der Waals surface area (Å²) in [5, 5.41) is 2.71. The summed E-state index contributed by atoms with van der Waals surface area (Å²) in [5.74, 6) is -0.970. The van der Waals surface area contributed by atoms with E-state index in [4.69, 9.17) is 16.3 Å². The zero-order valence-electron chi connectivity index (χ0n) is 15.4. The zero-order valence-corrected chi connectivity index (χ0v) is 17.0. The summed E-state index contributed by atoms with van der Waals surface area (Å²) in [5.41, 5.74) is 0.573. The van der Waals surface area contributed by atoms with E-state index >= 15 is 0 Å². The van der Waals surface area contributed by atoms with Crippen LogP contribution in [0, 0.1) is 0 Å². The third-order valence-electron chi connectivity index (χ3n) is 3.70. The molecule has 0 bridgehead atoms. The number of anilines is 2. The second-order valence-corrected chi connectivity index (χ2v) is 7.99. The Balaban J connectivity index is 2.27. The van der Waals surface area contributed by atoms with Gasteiger partial charge in [-0.25, -0.2) is 13.2 Å². The van der Waals surface area contributed by atoms with Gasteiger partial charge in [0.05, 0.1) is 36.7 Å². The Kier molecular flexibility index (Phi) is 6.87. The van der Waals surface area contributed by atoms with Crippen LogP contribution < -0.4 is 14.4 Å². The van der Waals surface area contributed by atoms with Crippen LogP contribution in [0.15, 0.2) is 42.5 Å². The van der Waals surface area contributed by atoms with Crippen LogP contribution in [-0.4, -0.2) is 47.3 Å². The van der Waals surface area contributed by atoms with E-state index in [-0.39, 0.29) is 22.0 Å². The first-order valence-electron chi connectivity index (χ1n) is 7.95. The third-order valence-corrected chi connectivity index (χ3v) is 5.15. The standard InChI is InChI=1S/C18H19ClN2O6S/c1-26-16-7-5-4-6-15(16)21(28(3,24)25)11-17(22)20-12-8-9-14(19)13(10-12)18(23)27-2/h4-10H,11H2,1-3H3,(H,20,22). The number of para-hydroxylation sites is 2.